The van der Waals surface area contributed by atoms with Crippen molar-refractivity contribution >= 4 is 35.1 Å². The van der Waals surface area contributed by atoms with Gasteiger partial charge in [0.1, 0.15) is 0 Å². The third-order valence-electron chi connectivity index (χ3n) is 3.33. The van der Waals surface area contributed by atoms with Crippen molar-refractivity contribution in [2.45, 2.75) is 9.79 Å². The van der Waals surface area contributed by atoms with Gasteiger partial charge >= 0.3 is 23.9 Å². The van der Waals surface area contributed by atoms with Crippen molar-refractivity contribution in [2.24, 2.45) is 0 Å². The van der Waals surface area contributed by atoms with E-state index < -0.39 is 57.3 Å². The standard InChI is InChI=1S/C16H10O9S/c17-13(18)9-3-1-7(5-11(9)15(21)22)26(25)8-2-4-10(14(19)20)12(6-8)16(23)24/h1-6H,(H,17,18)(H,19,20)(H,21,22)(H,23,24). The molecular formula is C16H10O9S. The first-order chi connectivity index (χ1) is 12.1. The summed E-state index contributed by atoms with van der Waals surface area (Å²) in [6.45, 7) is 0. The van der Waals surface area contributed by atoms with Crippen molar-refractivity contribution in [3.05, 3.63) is 58.7 Å². The smallest absolute Gasteiger partial charge is 0.336 e. The first-order valence-corrected chi connectivity index (χ1v) is 7.91. The lowest BCUT2D eigenvalue weighted by atomic mass is 10.1. The second-order valence-electron chi connectivity index (χ2n) is 4.90. The topological polar surface area (TPSA) is 172 Å². The molecule has 0 saturated heterocycles. The van der Waals surface area contributed by atoms with Crippen molar-refractivity contribution < 1.29 is 44.2 Å². The predicted molar refractivity (Wildman–Crippen MR) is 85.4 cm³/mol. The molecule has 0 aliphatic carbocycles. The van der Waals surface area contributed by atoms with E-state index in [1.165, 1.54) is 0 Å². The zero-order valence-corrected chi connectivity index (χ0v) is 13.5. The van der Waals surface area contributed by atoms with Crippen LogP contribution in [-0.4, -0.2) is 48.9 Å². The number of rotatable bonds is 6. The summed E-state index contributed by atoms with van der Waals surface area (Å²) in [5.74, 6) is -6.01. The molecule has 0 heterocycles. The average Bonchev–Trinajstić information content (AvgIpc) is 2.59. The molecule has 0 radical (unpaired) electrons. The molecule has 0 aromatic heterocycles. The maximum atomic E-state index is 12.6. The highest BCUT2D eigenvalue weighted by Gasteiger charge is 2.25. The molecule has 0 bridgehead atoms. The molecule has 0 unspecified atom stereocenters. The fourth-order valence-corrected chi connectivity index (χ4v) is 3.25. The highest BCUT2D eigenvalue weighted by Crippen LogP contribution is 2.25. The molecule has 4 N–H and O–H groups in total. The molecule has 0 saturated carbocycles. The largest absolute Gasteiger partial charge is 0.606 e. The van der Waals surface area contributed by atoms with Crippen LogP contribution in [0.25, 0.3) is 0 Å². The summed E-state index contributed by atoms with van der Waals surface area (Å²) in [7, 11) is 0. The number of carbonyl (C=O) groups is 4. The van der Waals surface area contributed by atoms with Crippen LogP contribution < -0.4 is 0 Å². The van der Waals surface area contributed by atoms with Crippen LogP contribution in [0.4, 0.5) is 0 Å². The van der Waals surface area contributed by atoms with Crippen molar-refractivity contribution in [3.63, 3.8) is 0 Å². The zero-order valence-electron chi connectivity index (χ0n) is 12.7. The molecule has 0 aliphatic heterocycles. The fraction of sp³-hybridized carbons (Fsp3) is 0. The average molecular weight is 378 g/mol. The van der Waals surface area contributed by atoms with Gasteiger partial charge in [0.2, 0.25) is 0 Å². The lowest BCUT2D eigenvalue weighted by Gasteiger charge is -2.12. The van der Waals surface area contributed by atoms with E-state index in [2.05, 4.69) is 0 Å². The van der Waals surface area contributed by atoms with Crippen LogP contribution in [-0.2, 0) is 11.2 Å². The summed E-state index contributed by atoms with van der Waals surface area (Å²) >= 11 is -2.06. The Morgan fingerprint density at radius 2 is 0.923 bits per heavy atom. The van der Waals surface area contributed by atoms with Gasteiger partial charge in [-0.25, -0.2) is 19.2 Å². The Hall–Kier alpha value is -3.37. The van der Waals surface area contributed by atoms with E-state index in [0.717, 1.165) is 36.4 Å². The predicted octanol–water partition coefficient (Wildman–Crippen LogP) is 1.65. The van der Waals surface area contributed by atoms with Crippen LogP contribution in [0.15, 0.2) is 46.2 Å². The molecule has 0 aliphatic rings. The van der Waals surface area contributed by atoms with E-state index in [0.29, 0.717) is 0 Å². The number of aromatic carboxylic acids is 4. The normalized spacial score (nSPS) is 10.5. The Kier molecular flexibility index (Phi) is 5.29. The minimum Gasteiger partial charge on any atom is -0.606 e. The number of hydrogen-bond acceptors (Lipinski definition) is 5. The van der Waals surface area contributed by atoms with Crippen LogP contribution in [0.3, 0.4) is 0 Å². The van der Waals surface area contributed by atoms with E-state index in [1.54, 1.807) is 0 Å². The number of carboxylic acid groups (broad SMARTS) is 4. The fourth-order valence-electron chi connectivity index (χ4n) is 2.14. The first kappa shape index (κ1) is 19.0. The Morgan fingerprint density at radius 3 is 1.19 bits per heavy atom. The molecule has 0 amide bonds. The summed E-state index contributed by atoms with van der Waals surface area (Å²) in [5, 5.41) is 36.2. The minimum absolute atomic E-state index is 0.0770. The Bertz CT molecular complexity index is 860. The van der Waals surface area contributed by atoms with Gasteiger partial charge in [0.25, 0.3) is 0 Å². The molecule has 2 rings (SSSR count). The lowest BCUT2D eigenvalue weighted by molar-refractivity contribution is 0.0651. The van der Waals surface area contributed by atoms with Gasteiger partial charge in [0, 0.05) is 23.3 Å². The van der Waals surface area contributed by atoms with Crippen LogP contribution in [0.1, 0.15) is 41.4 Å². The third kappa shape index (κ3) is 3.66. The highest BCUT2D eigenvalue weighted by molar-refractivity contribution is 7.91. The van der Waals surface area contributed by atoms with E-state index in [4.69, 9.17) is 20.4 Å². The van der Waals surface area contributed by atoms with Gasteiger partial charge < -0.3 is 25.0 Å². The molecule has 0 spiro atoms. The highest BCUT2D eigenvalue weighted by atomic mass is 32.2. The maximum absolute atomic E-state index is 12.6. The van der Waals surface area contributed by atoms with Gasteiger partial charge in [-0.3, -0.25) is 0 Å². The Labute approximate surface area is 148 Å². The molecular weight excluding hydrogens is 368 g/mol. The third-order valence-corrected chi connectivity index (χ3v) is 4.70. The van der Waals surface area contributed by atoms with Crippen molar-refractivity contribution in [2.75, 3.05) is 0 Å². The van der Waals surface area contributed by atoms with Gasteiger partial charge in [0.15, 0.2) is 9.79 Å². The molecule has 2 aromatic carbocycles. The minimum atomic E-state index is -2.06. The lowest BCUT2D eigenvalue weighted by Crippen LogP contribution is -2.13. The van der Waals surface area contributed by atoms with Gasteiger partial charge in [-0.05, 0) is 24.3 Å². The van der Waals surface area contributed by atoms with Crippen LogP contribution in [0.2, 0.25) is 0 Å². The van der Waals surface area contributed by atoms with E-state index in [1.807, 2.05) is 0 Å². The Morgan fingerprint density at radius 1 is 0.615 bits per heavy atom. The summed E-state index contributed by atoms with van der Waals surface area (Å²) < 4.78 is 12.6. The van der Waals surface area contributed by atoms with E-state index in [9.17, 15) is 23.7 Å². The monoisotopic (exact) mass is 378 g/mol. The SMILES string of the molecule is O=C(O)c1ccc([S+]([O-])c2ccc(C(=O)O)c(C(=O)O)c2)cc1C(=O)O. The van der Waals surface area contributed by atoms with Crippen LogP contribution in [0.5, 0.6) is 0 Å². The summed E-state index contributed by atoms with van der Waals surface area (Å²) in [4.78, 5) is 44.3. The van der Waals surface area contributed by atoms with Crippen molar-refractivity contribution in [1.82, 2.24) is 0 Å². The summed E-state index contributed by atoms with van der Waals surface area (Å²) in [6, 6.07) is 6.04. The van der Waals surface area contributed by atoms with Gasteiger partial charge in [0.05, 0.1) is 22.3 Å². The molecule has 9 nitrogen and oxygen atoms in total. The second kappa shape index (κ2) is 7.25. The second-order valence-corrected chi connectivity index (χ2v) is 6.38. The Balaban J connectivity index is 2.54. The van der Waals surface area contributed by atoms with Crippen LogP contribution in [0, 0.1) is 0 Å². The molecule has 0 atom stereocenters. The van der Waals surface area contributed by atoms with Gasteiger partial charge in [-0.1, -0.05) is 0 Å². The molecule has 0 fully saturated rings. The van der Waals surface area contributed by atoms with Crippen molar-refractivity contribution in [1.29, 1.82) is 0 Å². The van der Waals surface area contributed by atoms with Gasteiger partial charge in [-0.15, -0.1) is 0 Å². The zero-order chi connectivity index (χ0) is 19.6. The van der Waals surface area contributed by atoms with E-state index in [-0.39, 0.29) is 9.79 Å². The van der Waals surface area contributed by atoms with Crippen LogP contribution >= 0.6 is 0 Å². The first-order valence-electron chi connectivity index (χ1n) is 6.76. The summed E-state index contributed by atoms with van der Waals surface area (Å²) in [6.07, 6.45) is 0. The summed E-state index contributed by atoms with van der Waals surface area (Å²) in [5.41, 5.74) is -2.15. The molecule has 10 heteroatoms. The maximum Gasteiger partial charge on any atom is 0.336 e. The molecule has 134 valence electrons. The number of carboxylic acids is 4. The quantitative estimate of drug-likeness (QED) is 0.545. The van der Waals surface area contributed by atoms with Crippen molar-refractivity contribution in [3.8, 4) is 0 Å². The van der Waals surface area contributed by atoms with Gasteiger partial charge in [-0.2, -0.15) is 0 Å². The van der Waals surface area contributed by atoms with E-state index >= 15 is 0 Å². The molecule has 26 heavy (non-hydrogen) atoms. The molecule has 2 aromatic rings. The number of hydrogen-bond donors (Lipinski definition) is 4. The number of benzene rings is 2.